The average Bonchev–Trinajstić information content (AvgIpc) is 2.45. The first-order valence-corrected chi connectivity index (χ1v) is 5.35. The van der Waals surface area contributed by atoms with Crippen molar-refractivity contribution in [2.24, 2.45) is 0 Å². The van der Waals surface area contributed by atoms with E-state index in [1.54, 1.807) is 0 Å². The maximum absolute atomic E-state index is 4.91. The molecule has 0 radical (unpaired) electrons. The molecule has 0 unspecified atom stereocenters. The normalized spacial score (nSPS) is 10.7. The second kappa shape index (κ2) is 5.31. The van der Waals surface area contributed by atoms with Gasteiger partial charge < -0.3 is 10.2 Å². The summed E-state index contributed by atoms with van der Waals surface area (Å²) in [6.45, 7) is 2.02. The van der Waals surface area contributed by atoms with Gasteiger partial charge in [0.1, 0.15) is 0 Å². The Kier molecular flexibility index (Phi) is 4.34. The molecule has 1 aromatic rings. The standard InChI is InChI=1S/C7H14N4S2/c1-11(2)5-3-4-8-6-9-10-7(12)13-6/h3-5H2,1-2H3,(H,8,9)(H,10,12). The van der Waals surface area contributed by atoms with Crippen LogP contribution < -0.4 is 5.32 Å². The molecule has 0 fully saturated rings. The molecule has 0 amide bonds. The summed E-state index contributed by atoms with van der Waals surface area (Å²) in [6, 6.07) is 0. The van der Waals surface area contributed by atoms with Crippen LogP contribution in [0, 0.1) is 3.95 Å². The van der Waals surface area contributed by atoms with Crippen LogP contribution in [0.1, 0.15) is 6.42 Å². The molecule has 0 atom stereocenters. The van der Waals surface area contributed by atoms with Gasteiger partial charge in [-0.3, -0.25) is 5.10 Å². The first-order valence-electron chi connectivity index (χ1n) is 4.12. The Balaban J connectivity index is 2.17. The van der Waals surface area contributed by atoms with Crippen molar-refractivity contribution >= 4 is 28.7 Å². The third-order valence-corrected chi connectivity index (χ3v) is 2.54. The first-order chi connectivity index (χ1) is 6.18. The Labute approximate surface area is 87.0 Å². The molecular weight excluding hydrogens is 204 g/mol. The quantitative estimate of drug-likeness (QED) is 0.581. The molecule has 0 saturated carbocycles. The average molecular weight is 218 g/mol. The highest BCUT2D eigenvalue weighted by Crippen LogP contribution is 2.09. The van der Waals surface area contributed by atoms with Crippen LogP contribution in [0.2, 0.25) is 0 Å². The van der Waals surface area contributed by atoms with E-state index in [1.165, 1.54) is 11.3 Å². The molecule has 74 valence electrons. The van der Waals surface area contributed by atoms with Crippen molar-refractivity contribution in [3.05, 3.63) is 3.95 Å². The van der Waals surface area contributed by atoms with E-state index in [1.807, 2.05) is 0 Å². The molecule has 0 aliphatic rings. The van der Waals surface area contributed by atoms with Crippen LogP contribution in [0.3, 0.4) is 0 Å². The fraction of sp³-hybridized carbons (Fsp3) is 0.714. The van der Waals surface area contributed by atoms with Crippen LogP contribution in [0.25, 0.3) is 0 Å². The Morgan fingerprint density at radius 3 is 2.92 bits per heavy atom. The minimum Gasteiger partial charge on any atom is -0.360 e. The summed E-state index contributed by atoms with van der Waals surface area (Å²) >= 11 is 6.38. The maximum Gasteiger partial charge on any atom is 0.204 e. The van der Waals surface area contributed by atoms with Crippen molar-refractivity contribution in [2.45, 2.75) is 6.42 Å². The van der Waals surface area contributed by atoms with Gasteiger partial charge in [0.25, 0.3) is 0 Å². The largest absolute Gasteiger partial charge is 0.360 e. The van der Waals surface area contributed by atoms with Crippen LogP contribution in [0.4, 0.5) is 5.13 Å². The number of nitrogens with zero attached hydrogens (tertiary/aromatic N) is 2. The highest BCUT2D eigenvalue weighted by Gasteiger charge is 1.95. The highest BCUT2D eigenvalue weighted by molar-refractivity contribution is 7.73. The Morgan fingerprint density at radius 1 is 1.62 bits per heavy atom. The van der Waals surface area contributed by atoms with Gasteiger partial charge in [-0.15, -0.1) is 5.10 Å². The molecule has 0 saturated heterocycles. The smallest absolute Gasteiger partial charge is 0.204 e. The minimum absolute atomic E-state index is 0.718. The fourth-order valence-electron chi connectivity index (χ4n) is 0.896. The first kappa shape index (κ1) is 10.6. The zero-order valence-electron chi connectivity index (χ0n) is 7.83. The van der Waals surface area contributed by atoms with Crippen LogP contribution in [-0.2, 0) is 0 Å². The van der Waals surface area contributed by atoms with Crippen molar-refractivity contribution in [3.8, 4) is 0 Å². The lowest BCUT2D eigenvalue weighted by Gasteiger charge is -2.08. The number of aromatic amines is 1. The lowest BCUT2D eigenvalue weighted by Crippen LogP contribution is -2.16. The van der Waals surface area contributed by atoms with E-state index in [0.717, 1.165) is 28.6 Å². The third kappa shape index (κ3) is 4.35. The summed E-state index contributed by atoms with van der Waals surface area (Å²) in [5, 5.41) is 10.8. The van der Waals surface area contributed by atoms with E-state index in [0.29, 0.717) is 0 Å². The van der Waals surface area contributed by atoms with E-state index >= 15 is 0 Å². The number of rotatable bonds is 5. The predicted octanol–water partition coefficient (Wildman–Crippen LogP) is 1.56. The molecule has 0 aliphatic carbocycles. The van der Waals surface area contributed by atoms with E-state index < -0.39 is 0 Å². The lowest BCUT2D eigenvalue weighted by molar-refractivity contribution is 0.405. The zero-order valence-corrected chi connectivity index (χ0v) is 9.47. The number of H-pyrrole nitrogens is 1. The van der Waals surface area contributed by atoms with Gasteiger partial charge in [-0.2, -0.15) is 0 Å². The van der Waals surface area contributed by atoms with E-state index in [-0.39, 0.29) is 0 Å². The van der Waals surface area contributed by atoms with Crippen LogP contribution in [0.5, 0.6) is 0 Å². The van der Waals surface area contributed by atoms with Crippen molar-refractivity contribution in [2.75, 3.05) is 32.5 Å². The summed E-state index contributed by atoms with van der Waals surface area (Å²) < 4.78 is 0.718. The molecular formula is C7H14N4S2. The SMILES string of the molecule is CN(C)CCCNc1n[nH]c(=S)s1. The number of hydrogen-bond donors (Lipinski definition) is 2. The van der Waals surface area contributed by atoms with E-state index in [4.69, 9.17) is 12.2 Å². The molecule has 1 heterocycles. The van der Waals surface area contributed by atoms with Gasteiger partial charge in [0.2, 0.25) is 5.13 Å². The van der Waals surface area contributed by atoms with E-state index in [2.05, 4.69) is 34.5 Å². The molecule has 13 heavy (non-hydrogen) atoms. The molecule has 0 aromatic carbocycles. The molecule has 4 nitrogen and oxygen atoms in total. The van der Waals surface area contributed by atoms with Crippen molar-refractivity contribution in [1.29, 1.82) is 0 Å². The Hall–Kier alpha value is -0.460. The summed E-state index contributed by atoms with van der Waals surface area (Å²) in [5.74, 6) is 0. The van der Waals surface area contributed by atoms with E-state index in [9.17, 15) is 0 Å². The second-order valence-corrected chi connectivity index (χ2v) is 4.67. The Morgan fingerprint density at radius 2 is 2.38 bits per heavy atom. The van der Waals surface area contributed by atoms with Crippen LogP contribution >= 0.6 is 23.6 Å². The zero-order chi connectivity index (χ0) is 9.68. The summed E-state index contributed by atoms with van der Waals surface area (Å²) in [7, 11) is 4.14. The third-order valence-electron chi connectivity index (χ3n) is 1.50. The number of nitrogens with one attached hydrogen (secondary N) is 2. The second-order valence-electron chi connectivity index (χ2n) is 3.00. The van der Waals surface area contributed by atoms with Gasteiger partial charge in [-0.1, -0.05) is 11.3 Å². The number of aromatic nitrogens is 2. The number of anilines is 1. The van der Waals surface area contributed by atoms with Crippen molar-refractivity contribution < 1.29 is 0 Å². The summed E-state index contributed by atoms with van der Waals surface area (Å²) in [5.41, 5.74) is 0. The highest BCUT2D eigenvalue weighted by atomic mass is 32.1. The number of hydrogen-bond acceptors (Lipinski definition) is 5. The molecule has 0 spiro atoms. The molecule has 0 aliphatic heterocycles. The maximum atomic E-state index is 4.91. The van der Waals surface area contributed by atoms with Crippen molar-refractivity contribution in [1.82, 2.24) is 15.1 Å². The monoisotopic (exact) mass is 218 g/mol. The lowest BCUT2D eigenvalue weighted by atomic mass is 10.4. The minimum atomic E-state index is 0.718. The van der Waals surface area contributed by atoms with Crippen LogP contribution in [0.15, 0.2) is 0 Å². The van der Waals surface area contributed by atoms with Crippen molar-refractivity contribution in [3.63, 3.8) is 0 Å². The van der Waals surface area contributed by atoms with Gasteiger partial charge in [0, 0.05) is 6.54 Å². The molecule has 6 heteroatoms. The molecule has 0 bridgehead atoms. The van der Waals surface area contributed by atoms with Gasteiger partial charge in [0.15, 0.2) is 3.95 Å². The topological polar surface area (TPSA) is 44.0 Å². The molecule has 1 aromatic heterocycles. The summed E-state index contributed by atoms with van der Waals surface area (Å²) in [4.78, 5) is 2.16. The molecule has 2 N–H and O–H groups in total. The van der Waals surface area contributed by atoms with Gasteiger partial charge >= 0.3 is 0 Å². The van der Waals surface area contributed by atoms with Gasteiger partial charge in [-0.05, 0) is 39.3 Å². The predicted molar refractivity (Wildman–Crippen MR) is 59.0 cm³/mol. The summed E-state index contributed by atoms with van der Waals surface area (Å²) in [6.07, 6.45) is 1.11. The van der Waals surface area contributed by atoms with Gasteiger partial charge in [0.05, 0.1) is 0 Å². The Bertz CT molecular complexity index is 291. The van der Waals surface area contributed by atoms with Crippen LogP contribution in [-0.4, -0.2) is 42.3 Å². The molecule has 1 rings (SSSR count). The fourth-order valence-corrected chi connectivity index (χ4v) is 1.71. The van der Waals surface area contributed by atoms with Gasteiger partial charge in [-0.25, -0.2) is 0 Å².